The van der Waals surface area contributed by atoms with Crippen LogP contribution in [0.4, 0.5) is 10.5 Å². The number of ether oxygens (including phenoxy) is 1. The van der Waals surface area contributed by atoms with E-state index >= 15 is 0 Å². The molecule has 45 heavy (non-hydrogen) atoms. The lowest BCUT2D eigenvalue weighted by Crippen LogP contribution is -2.49. The summed E-state index contributed by atoms with van der Waals surface area (Å²) in [6, 6.07) is 21.9. The molecule has 1 aromatic heterocycles. The number of benzene rings is 3. The largest absolute Gasteiger partial charge is 0.449 e. The molecule has 0 radical (unpaired) electrons. The standard InChI is InChI=1S/C36H37N3O6/c1-22-17-34(41)45-32-19-24(15-16-25(22)32)38-33(40)20-37-35(42)31(18-23-9-3-2-4-10-23)39-36(43)44-21-30-28-13-7-5-11-26(28)27-12-6-8-14-29(27)30/h5-8,11-17,19,23,30-31H,2-4,9-10,18,20-21H2,1H3,(H,37,42)(H,38,40)(H,39,43)/t31-/m0/s1. The van der Waals surface area contributed by atoms with Gasteiger partial charge in [-0.2, -0.15) is 0 Å². The zero-order valence-electron chi connectivity index (χ0n) is 25.3. The van der Waals surface area contributed by atoms with Crippen LogP contribution in [-0.4, -0.2) is 37.1 Å². The number of anilines is 1. The molecule has 1 atom stereocenters. The van der Waals surface area contributed by atoms with Crippen LogP contribution in [0.3, 0.4) is 0 Å². The summed E-state index contributed by atoms with van der Waals surface area (Å²) in [5.74, 6) is -0.683. The summed E-state index contributed by atoms with van der Waals surface area (Å²) in [5.41, 5.74) is 5.60. The van der Waals surface area contributed by atoms with E-state index < -0.39 is 29.6 Å². The maximum absolute atomic E-state index is 13.3. The number of nitrogens with one attached hydrogen (secondary N) is 3. The number of rotatable bonds is 9. The number of carbonyl (C=O) groups excluding carboxylic acids is 3. The second-order valence-corrected chi connectivity index (χ2v) is 12.0. The Morgan fingerprint density at radius 3 is 2.31 bits per heavy atom. The van der Waals surface area contributed by atoms with E-state index in [2.05, 4.69) is 40.2 Å². The molecule has 9 heteroatoms. The van der Waals surface area contributed by atoms with Crippen LogP contribution in [0.5, 0.6) is 0 Å². The lowest BCUT2D eigenvalue weighted by atomic mass is 9.84. The van der Waals surface area contributed by atoms with Gasteiger partial charge in [-0.15, -0.1) is 0 Å². The van der Waals surface area contributed by atoms with Crippen molar-refractivity contribution < 1.29 is 23.5 Å². The van der Waals surface area contributed by atoms with Gasteiger partial charge in [-0.1, -0.05) is 80.6 Å². The Bertz CT molecular complexity index is 1750. The van der Waals surface area contributed by atoms with Gasteiger partial charge in [0.15, 0.2) is 0 Å². The van der Waals surface area contributed by atoms with Gasteiger partial charge in [0, 0.05) is 29.1 Å². The minimum atomic E-state index is -0.838. The fourth-order valence-electron chi connectivity index (χ4n) is 6.67. The summed E-state index contributed by atoms with van der Waals surface area (Å²) in [4.78, 5) is 50.9. The molecule has 4 aromatic rings. The molecule has 0 aliphatic heterocycles. The second-order valence-electron chi connectivity index (χ2n) is 12.0. The molecule has 3 aromatic carbocycles. The molecular formula is C36H37N3O6. The second kappa shape index (κ2) is 13.4. The monoisotopic (exact) mass is 607 g/mol. The third-order valence-corrected chi connectivity index (χ3v) is 8.90. The summed E-state index contributed by atoms with van der Waals surface area (Å²) in [5, 5.41) is 8.97. The van der Waals surface area contributed by atoms with Crippen LogP contribution in [0, 0.1) is 12.8 Å². The van der Waals surface area contributed by atoms with Crippen molar-refractivity contribution in [3.63, 3.8) is 0 Å². The highest BCUT2D eigenvalue weighted by molar-refractivity contribution is 5.97. The molecular weight excluding hydrogens is 570 g/mol. The van der Waals surface area contributed by atoms with Crippen LogP contribution >= 0.6 is 0 Å². The van der Waals surface area contributed by atoms with Gasteiger partial charge in [-0.3, -0.25) is 9.59 Å². The van der Waals surface area contributed by atoms with Crippen LogP contribution < -0.4 is 21.6 Å². The van der Waals surface area contributed by atoms with Crippen molar-refractivity contribution in [1.29, 1.82) is 0 Å². The summed E-state index contributed by atoms with van der Waals surface area (Å²) in [6.07, 6.45) is 5.16. The van der Waals surface area contributed by atoms with Crippen LogP contribution in [-0.2, 0) is 14.3 Å². The quantitative estimate of drug-likeness (QED) is 0.199. The fourth-order valence-corrected chi connectivity index (χ4v) is 6.67. The molecule has 2 aliphatic carbocycles. The number of aryl methyl sites for hydroxylation is 1. The molecule has 1 heterocycles. The Morgan fingerprint density at radius 1 is 0.911 bits per heavy atom. The first kappa shape index (κ1) is 30.1. The van der Waals surface area contributed by atoms with Crippen molar-refractivity contribution in [2.75, 3.05) is 18.5 Å². The molecule has 1 saturated carbocycles. The maximum atomic E-state index is 13.3. The maximum Gasteiger partial charge on any atom is 0.407 e. The molecule has 0 spiro atoms. The number of hydrogen-bond donors (Lipinski definition) is 3. The van der Waals surface area contributed by atoms with Crippen molar-refractivity contribution in [1.82, 2.24) is 10.6 Å². The number of carbonyl (C=O) groups is 3. The summed E-state index contributed by atoms with van der Waals surface area (Å²) >= 11 is 0. The van der Waals surface area contributed by atoms with E-state index in [4.69, 9.17) is 9.15 Å². The van der Waals surface area contributed by atoms with Gasteiger partial charge in [0.05, 0.1) is 6.54 Å². The Labute approximate surface area is 261 Å². The predicted molar refractivity (Wildman–Crippen MR) is 172 cm³/mol. The van der Waals surface area contributed by atoms with Gasteiger partial charge >= 0.3 is 11.7 Å². The summed E-state index contributed by atoms with van der Waals surface area (Å²) in [6.45, 7) is 1.67. The minimum Gasteiger partial charge on any atom is -0.449 e. The van der Waals surface area contributed by atoms with Crippen molar-refractivity contribution in [3.8, 4) is 11.1 Å². The third-order valence-electron chi connectivity index (χ3n) is 8.90. The summed E-state index contributed by atoms with van der Waals surface area (Å²) < 4.78 is 11.0. The smallest absolute Gasteiger partial charge is 0.407 e. The average Bonchev–Trinajstić information content (AvgIpc) is 3.36. The van der Waals surface area contributed by atoms with Crippen LogP contribution in [0.25, 0.3) is 22.1 Å². The Hall–Kier alpha value is -4.92. The van der Waals surface area contributed by atoms with Crippen molar-refractivity contribution >= 4 is 34.6 Å². The zero-order valence-corrected chi connectivity index (χ0v) is 25.3. The zero-order chi connectivity index (χ0) is 31.3. The molecule has 0 saturated heterocycles. The Kier molecular flexibility index (Phi) is 8.96. The molecule has 1 fully saturated rings. The van der Waals surface area contributed by atoms with Gasteiger partial charge in [0.1, 0.15) is 18.2 Å². The fraction of sp³-hybridized carbons (Fsp3) is 0.333. The van der Waals surface area contributed by atoms with E-state index in [1.165, 1.54) is 12.5 Å². The van der Waals surface area contributed by atoms with Crippen molar-refractivity contribution in [2.24, 2.45) is 5.92 Å². The van der Waals surface area contributed by atoms with E-state index in [9.17, 15) is 19.2 Å². The first-order valence-corrected chi connectivity index (χ1v) is 15.6. The lowest BCUT2D eigenvalue weighted by Gasteiger charge is -2.26. The molecule has 232 valence electrons. The van der Waals surface area contributed by atoms with Crippen molar-refractivity contribution in [2.45, 2.75) is 57.4 Å². The van der Waals surface area contributed by atoms with E-state index in [1.807, 2.05) is 31.2 Å². The Balaban J connectivity index is 1.08. The van der Waals surface area contributed by atoms with Gasteiger partial charge in [-0.25, -0.2) is 9.59 Å². The topological polar surface area (TPSA) is 127 Å². The molecule has 9 nitrogen and oxygen atoms in total. The average molecular weight is 608 g/mol. The van der Waals surface area contributed by atoms with Gasteiger partial charge < -0.3 is 25.1 Å². The molecule has 0 bridgehead atoms. The molecule has 0 unspecified atom stereocenters. The molecule has 3 amide bonds. The number of fused-ring (bicyclic) bond motifs is 4. The number of amides is 3. The van der Waals surface area contributed by atoms with Crippen LogP contribution in [0.15, 0.2) is 82.0 Å². The van der Waals surface area contributed by atoms with Gasteiger partial charge in [-0.05, 0) is 59.2 Å². The van der Waals surface area contributed by atoms with Crippen LogP contribution in [0.1, 0.15) is 61.1 Å². The number of alkyl carbamates (subject to hydrolysis) is 1. The first-order chi connectivity index (χ1) is 21.9. The SMILES string of the molecule is Cc1cc(=O)oc2cc(NC(=O)CNC(=O)[C@H](CC3CCCCC3)NC(=O)OCC3c4ccccc4-c4ccccc43)ccc12. The highest BCUT2D eigenvalue weighted by Crippen LogP contribution is 2.44. The van der Waals surface area contributed by atoms with E-state index in [0.717, 1.165) is 58.9 Å². The van der Waals surface area contributed by atoms with Crippen LogP contribution in [0.2, 0.25) is 0 Å². The molecule has 2 aliphatic rings. The molecule has 6 rings (SSSR count). The Morgan fingerprint density at radius 2 is 1.60 bits per heavy atom. The highest BCUT2D eigenvalue weighted by atomic mass is 16.5. The normalized spacial score (nSPS) is 15.1. The first-order valence-electron chi connectivity index (χ1n) is 15.6. The van der Waals surface area contributed by atoms with Gasteiger partial charge in [0.2, 0.25) is 11.8 Å². The van der Waals surface area contributed by atoms with E-state index in [-0.39, 0.29) is 19.1 Å². The highest BCUT2D eigenvalue weighted by Gasteiger charge is 2.31. The van der Waals surface area contributed by atoms with Crippen molar-refractivity contribution in [3.05, 3.63) is 99.9 Å². The third kappa shape index (κ3) is 6.93. The minimum absolute atomic E-state index is 0.0930. The predicted octanol–water partition coefficient (Wildman–Crippen LogP) is 6.03. The number of hydrogen-bond acceptors (Lipinski definition) is 6. The molecule has 3 N–H and O–H groups in total. The summed E-state index contributed by atoms with van der Waals surface area (Å²) in [7, 11) is 0. The van der Waals surface area contributed by atoms with E-state index in [1.54, 1.807) is 18.2 Å². The van der Waals surface area contributed by atoms with E-state index in [0.29, 0.717) is 23.6 Å². The van der Waals surface area contributed by atoms with Gasteiger partial charge in [0.25, 0.3) is 0 Å². The lowest BCUT2D eigenvalue weighted by molar-refractivity contribution is -0.126.